The molecule has 53 heavy (non-hydrogen) atoms. The predicted molar refractivity (Wildman–Crippen MR) is 225 cm³/mol. The zero-order chi connectivity index (χ0) is 35.3. The van der Waals surface area contributed by atoms with Crippen LogP contribution in [0.1, 0.15) is 25.0 Å². The minimum Gasteiger partial charge on any atom is -0.208 e. The van der Waals surface area contributed by atoms with E-state index >= 15 is 0 Å². The molecule has 3 aromatic heterocycles. The number of fused-ring (bicyclic) bond motifs is 9. The van der Waals surface area contributed by atoms with Crippen molar-refractivity contribution in [1.82, 2.24) is 15.0 Å². The van der Waals surface area contributed by atoms with Crippen molar-refractivity contribution in [3.8, 4) is 56.4 Å². The summed E-state index contributed by atoms with van der Waals surface area (Å²) in [5.41, 5.74) is 10.6. The van der Waals surface area contributed by atoms with E-state index in [4.69, 9.17) is 15.0 Å². The highest BCUT2D eigenvalue weighted by Crippen LogP contribution is 2.49. The van der Waals surface area contributed by atoms with E-state index in [2.05, 4.69) is 166 Å². The maximum absolute atomic E-state index is 5.26. The molecule has 0 saturated heterocycles. The van der Waals surface area contributed by atoms with Crippen LogP contribution in [0.15, 0.2) is 152 Å². The molecule has 0 aliphatic heterocycles. The number of aromatic nitrogens is 3. The zero-order valence-electron chi connectivity index (χ0n) is 29.1. The first-order valence-corrected chi connectivity index (χ1v) is 19.6. The molecule has 10 aromatic rings. The molecule has 11 rings (SSSR count). The largest absolute Gasteiger partial charge is 0.208 e. The number of hydrogen-bond donors (Lipinski definition) is 0. The highest BCUT2D eigenvalue weighted by atomic mass is 32.1. The van der Waals surface area contributed by atoms with E-state index < -0.39 is 0 Å². The molecule has 0 unspecified atom stereocenters. The Morgan fingerprint density at radius 2 is 1.02 bits per heavy atom. The molecule has 0 amide bonds. The third kappa shape index (κ3) is 4.74. The second kappa shape index (κ2) is 11.5. The Labute approximate surface area is 314 Å². The van der Waals surface area contributed by atoms with Gasteiger partial charge in [-0.3, -0.25) is 0 Å². The lowest BCUT2D eigenvalue weighted by atomic mass is 9.82. The van der Waals surface area contributed by atoms with Gasteiger partial charge in [-0.2, -0.15) is 0 Å². The normalized spacial score (nSPS) is 13.2. The molecule has 3 nitrogen and oxygen atoms in total. The maximum atomic E-state index is 5.26. The van der Waals surface area contributed by atoms with Crippen molar-refractivity contribution in [3.05, 3.63) is 163 Å². The Morgan fingerprint density at radius 1 is 0.377 bits per heavy atom. The highest BCUT2D eigenvalue weighted by Gasteiger charge is 2.35. The molecule has 7 aromatic carbocycles. The standard InChI is InChI=1S/C48H31N3S2/c1-48(2)39-17-8-6-13-32(39)33-22-19-30(26-40(33)48)45-49-46(51-47(50-45)37-16-10-15-36-34-14-7-9-18-41(34)53-44(36)37)31-20-23-35-38-25-29(28-11-4-3-5-12-28)21-24-42(38)52-43(35)27-31/h3-27H,1-2H3. The summed E-state index contributed by atoms with van der Waals surface area (Å²) in [5.74, 6) is 2.05. The van der Waals surface area contributed by atoms with Gasteiger partial charge in [-0.25, -0.2) is 15.0 Å². The number of thiophene rings is 2. The van der Waals surface area contributed by atoms with E-state index in [0.29, 0.717) is 17.5 Å². The van der Waals surface area contributed by atoms with E-state index in [0.717, 1.165) is 16.7 Å². The Balaban J connectivity index is 1.10. The van der Waals surface area contributed by atoms with Crippen LogP contribution in [0.4, 0.5) is 0 Å². The van der Waals surface area contributed by atoms with Gasteiger partial charge in [-0.1, -0.05) is 129 Å². The molecular weight excluding hydrogens is 683 g/mol. The summed E-state index contributed by atoms with van der Waals surface area (Å²) in [5, 5.41) is 5.00. The summed E-state index contributed by atoms with van der Waals surface area (Å²) >= 11 is 3.62. The first-order valence-electron chi connectivity index (χ1n) is 17.9. The average molecular weight is 714 g/mol. The molecule has 0 radical (unpaired) electrons. The topological polar surface area (TPSA) is 38.7 Å². The molecule has 0 bridgehead atoms. The van der Waals surface area contributed by atoms with Crippen LogP contribution in [0.25, 0.3) is 96.8 Å². The van der Waals surface area contributed by atoms with Crippen LogP contribution in [0.3, 0.4) is 0 Å². The number of hydrogen-bond acceptors (Lipinski definition) is 5. The molecule has 0 fully saturated rings. The van der Waals surface area contributed by atoms with Gasteiger partial charge in [0.1, 0.15) is 0 Å². The van der Waals surface area contributed by atoms with Crippen molar-refractivity contribution in [2.24, 2.45) is 0 Å². The predicted octanol–water partition coefficient (Wildman–Crippen LogP) is 13.6. The smallest absolute Gasteiger partial charge is 0.165 e. The van der Waals surface area contributed by atoms with E-state index in [1.165, 1.54) is 73.7 Å². The fraction of sp³-hybridized carbons (Fsp3) is 0.0625. The third-order valence-corrected chi connectivity index (χ3v) is 13.3. The van der Waals surface area contributed by atoms with Gasteiger partial charge >= 0.3 is 0 Å². The lowest BCUT2D eigenvalue weighted by Gasteiger charge is -2.21. The summed E-state index contributed by atoms with van der Waals surface area (Å²) in [6.07, 6.45) is 0. The molecule has 5 heteroatoms. The van der Waals surface area contributed by atoms with Crippen LogP contribution in [0.5, 0.6) is 0 Å². The Morgan fingerprint density at radius 3 is 1.91 bits per heavy atom. The third-order valence-electron chi connectivity index (χ3n) is 11.0. The molecule has 1 aliphatic carbocycles. The van der Waals surface area contributed by atoms with Crippen molar-refractivity contribution in [3.63, 3.8) is 0 Å². The minimum atomic E-state index is -0.129. The second-order valence-corrected chi connectivity index (χ2v) is 16.5. The van der Waals surface area contributed by atoms with Gasteiger partial charge in [-0.05, 0) is 69.8 Å². The number of benzene rings is 7. The van der Waals surface area contributed by atoms with Crippen LogP contribution in [-0.2, 0) is 5.41 Å². The summed E-state index contributed by atoms with van der Waals surface area (Å²) in [6.45, 7) is 4.63. The highest BCUT2D eigenvalue weighted by molar-refractivity contribution is 7.26. The Hall–Kier alpha value is -6.01. The fourth-order valence-corrected chi connectivity index (χ4v) is 10.6. The zero-order valence-corrected chi connectivity index (χ0v) is 30.7. The molecule has 0 atom stereocenters. The van der Waals surface area contributed by atoms with E-state index in [9.17, 15) is 0 Å². The lowest BCUT2D eigenvalue weighted by Crippen LogP contribution is -2.15. The fourth-order valence-electron chi connectivity index (χ4n) is 8.25. The first-order chi connectivity index (χ1) is 26.0. The molecule has 1 aliphatic rings. The van der Waals surface area contributed by atoms with Crippen molar-refractivity contribution in [2.75, 3.05) is 0 Å². The van der Waals surface area contributed by atoms with Crippen molar-refractivity contribution in [1.29, 1.82) is 0 Å². The monoisotopic (exact) mass is 713 g/mol. The molecular formula is C48H31N3S2. The summed E-state index contributed by atoms with van der Waals surface area (Å²) in [6, 6.07) is 54.7. The van der Waals surface area contributed by atoms with Crippen molar-refractivity contribution < 1.29 is 0 Å². The van der Waals surface area contributed by atoms with Gasteiger partial charge in [-0.15, -0.1) is 22.7 Å². The van der Waals surface area contributed by atoms with E-state index in [-0.39, 0.29) is 5.41 Å². The molecule has 3 heterocycles. The van der Waals surface area contributed by atoms with Crippen molar-refractivity contribution in [2.45, 2.75) is 19.3 Å². The second-order valence-electron chi connectivity index (χ2n) is 14.4. The molecule has 0 N–H and O–H groups in total. The SMILES string of the molecule is CC1(C)c2ccccc2-c2ccc(-c3nc(-c4ccc5c(c4)sc4ccc(-c6ccccc6)cc45)nc(-c4cccc5c4sc4ccccc45)n3)cc21. The average Bonchev–Trinajstić information content (AvgIpc) is 3.85. The Bertz CT molecular complexity index is 3100. The van der Waals surface area contributed by atoms with Gasteiger partial charge in [0.15, 0.2) is 17.5 Å². The van der Waals surface area contributed by atoms with E-state index in [1.807, 2.05) is 11.3 Å². The lowest BCUT2D eigenvalue weighted by molar-refractivity contribution is 0.660. The van der Waals surface area contributed by atoms with Crippen molar-refractivity contribution >= 4 is 63.0 Å². The van der Waals surface area contributed by atoms with Gasteiger partial charge in [0.05, 0.1) is 0 Å². The summed E-state index contributed by atoms with van der Waals surface area (Å²) < 4.78 is 4.94. The van der Waals surface area contributed by atoms with Crippen LogP contribution >= 0.6 is 22.7 Å². The van der Waals surface area contributed by atoms with Crippen LogP contribution in [-0.4, -0.2) is 15.0 Å². The molecule has 250 valence electrons. The first kappa shape index (κ1) is 30.6. The number of nitrogens with zero attached hydrogens (tertiary/aromatic N) is 3. The van der Waals surface area contributed by atoms with Gasteiger partial charge in [0.2, 0.25) is 0 Å². The molecule has 0 spiro atoms. The van der Waals surface area contributed by atoms with E-state index in [1.54, 1.807) is 11.3 Å². The Kier molecular flexibility index (Phi) is 6.64. The van der Waals surface area contributed by atoms with Gasteiger partial charge in [0, 0.05) is 62.4 Å². The minimum absolute atomic E-state index is 0.129. The maximum Gasteiger partial charge on any atom is 0.165 e. The van der Waals surface area contributed by atoms with Crippen LogP contribution < -0.4 is 0 Å². The quantitative estimate of drug-likeness (QED) is 0.182. The van der Waals surface area contributed by atoms with Crippen LogP contribution in [0, 0.1) is 0 Å². The molecule has 0 saturated carbocycles. The van der Waals surface area contributed by atoms with Crippen LogP contribution in [0.2, 0.25) is 0 Å². The number of rotatable bonds is 4. The van der Waals surface area contributed by atoms with Gasteiger partial charge in [0.25, 0.3) is 0 Å². The summed E-state index contributed by atoms with van der Waals surface area (Å²) in [4.78, 5) is 15.8. The van der Waals surface area contributed by atoms with Gasteiger partial charge < -0.3 is 0 Å². The summed E-state index contributed by atoms with van der Waals surface area (Å²) in [7, 11) is 0.